The Morgan fingerprint density at radius 3 is 2.27 bits per heavy atom. The highest BCUT2D eigenvalue weighted by atomic mass is 19.1. The first-order valence-electron chi connectivity index (χ1n) is 7.54. The molecule has 5 heteroatoms. The molecule has 1 rings (SSSR count). The summed E-state index contributed by atoms with van der Waals surface area (Å²) >= 11 is 0. The molecule has 1 aromatic carbocycles. The van der Waals surface area contributed by atoms with Crippen LogP contribution in [0.5, 0.6) is 0 Å². The highest BCUT2D eigenvalue weighted by molar-refractivity contribution is 5.78. The van der Waals surface area contributed by atoms with Crippen molar-refractivity contribution in [2.75, 3.05) is 6.54 Å². The Labute approximate surface area is 130 Å². The van der Waals surface area contributed by atoms with Crippen molar-refractivity contribution < 1.29 is 19.1 Å². The van der Waals surface area contributed by atoms with Crippen LogP contribution in [0, 0.1) is 17.7 Å². The fourth-order valence-electron chi connectivity index (χ4n) is 2.34. The van der Waals surface area contributed by atoms with Crippen LogP contribution in [0.25, 0.3) is 0 Å². The van der Waals surface area contributed by atoms with Crippen LogP contribution in [0.3, 0.4) is 0 Å². The van der Waals surface area contributed by atoms with E-state index in [1.54, 1.807) is 12.1 Å². The predicted octanol–water partition coefficient (Wildman–Crippen LogP) is 3.18. The maximum atomic E-state index is 12.9. The highest BCUT2D eigenvalue weighted by Gasteiger charge is 2.20. The number of hydrogen-bond acceptors (Lipinski definition) is 2. The van der Waals surface area contributed by atoms with Crippen LogP contribution in [0.2, 0.25) is 0 Å². The standard InChI is InChI=1S/C17H24FNO3/c1-11(2)8-14(17(21)22)10-19-16(20)9-12(3)13-4-6-15(18)7-5-13/h4-7,11-12,14H,8-10H2,1-3H3,(H,19,20)(H,21,22). The summed E-state index contributed by atoms with van der Waals surface area (Å²) in [4.78, 5) is 23.1. The Balaban J connectivity index is 2.47. The quantitative estimate of drug-likeness (QED) is 0.775. The average Bonchev–Trinajstić information content (AvgIpc) is 2.43. The van der Waals surface area contributed by atoms with Gasteiger partial charge in [-0.15, -0.1) is 0 Å². The van der Waals surface area contributed by atoms with Gasteiger partial charge in [0.2, 0.25) is 5.91 Å². The van der Waals surface area contributed by atoms with Gasteiger partial charge in [0, 0.05) is 13.0 Å². The molecule has 0 aliphatic carbocycles. The molecule has 1 aromatic rings. The van der Waals surface area contributed by atoms with Crippen LogP contribution >= 0.6 is 0 Å². The van der Waals surface area contributed by atoms with Gasteiger partial charge in [0.25, 0.3) is 0 Å². The van der Waals surface area contributed by atoms with Crippen LogP contribution in [-0.4, -0.2) is 23.5 Å². The van der Waals surface area contributed by atoms with Gasteiger partial charge in [0.05, 0.1) is 5.92 Å². The van der Waals surface area contributed by atoms with Crippen molar-refractivity contribution in [2.45, 2.75) is 39.5 Å². The van der Waals surface area contributed by atoms with Crippen molar-refractivity contribution >= 4 is 11.9 Å². The van der Waals surface area contributed by atoms with Gasteiger partial charge < -0.3 is 10.4 Å². The number of carbonyl (C=O) groups excluding carboxylic acids is 1. The molecular weight excluding hydrogens is 285 g/mol. The second kappa shape index (κ2) is 8.51. The van der Waals surface area contributed by atoms with E-state index < -0.39 is 11.9 Å². The number of carboxylic acid groups (broad SMARTS) is 1. The molecule has 2 unspecified atom stereocenters. The zero-order valence-corrected chi connectivity index (χ0v) is 13.3. The summed E-state index contributed by atoms with van der Waals surface area (Å²) in [5.74, 6) is -1.74. The van der Waals surface area contributed by atoms with Gasteiger partial charge in [0.15, 0.2) is 0 Å². The van der Waals surface area contributed by atoms with E-state index in [-0.39, 0.29) is 36.5 Å². The molecule has 0 fully saturated rings. The van der Waals surface area contributed by atoms with E-state index in [1.807, 2.05) is 20.8 Å². The summed E-state index contributed by atoms with van der Waals surface area (Å²) in [5.41, 5.74) is 0.883. The van der Waals surface area contributed by atoms with E-state index >= 15 is 0 Å². The molecular formula is C17H24FNO3. The largest absolute Gasteiger partial charge is 0.481 e. The number of halogens is 1. The van der Waals surface area contributed by atoms with Crippen molar-refractivity contribution in [3.8, 4) is 0 Å². The minimum Gasteiger partial charge on any atom is -0.481 e. The Morgan fingerprint density at radius 2 is 1.77 bits per heavy atom. The normalized spacial score (nSPS) is 13.7. The van der Waals surface area contributed by atoms with Gasteiger partial charge in [0.1, 0.15) is 5.82 Å². The molecule has 4 nitrogen and oxygen atoms in total. The van der Waals surface area contributed by atoms with Crippen molar-refractivity contribution in [1.82, 2.24) is 5.32 Å². The molecule has 0 aliphatic heterocycles. The lowest BCUT2D eigenvalue weighted by Crippen LogP contribution is -2.34. The Bertz CT molecular complexity index is 499. The van der Waals surface area contributed by atoms with E-state index in [0.717, 1.165) is 5.56 Å². The monoisotopic (exact) mass is 309 g/mol. The van der Waals surface area contributed by atoms with Gasteiger partial charge >= 0.3 is 5.97 Å². The van der Waals surface area contributed by atoms with Gasteiger partial charge in [-0.05, 0) is 36.0 Å². The van der Waals surface area contributed by atoms with Crippen LogP contribution < -0.4 is 5.32 Å². The van der Waals surface area contributed by atoms with E-state index in [4.69, 9.17) is 5.11 Å². The molecule has 0 spiro atoms. The highest BCUT2D eigenvalue weighted by Crippen LogP contribution is 2.19. The van der Waals surface area contributed by atoms with E-state index in [0.29, 0.717) is 6.42 Å². The number of hydrogen-bond donors (Lipinski definition) is 2. The SMILES string of the molecule is CC(C)CC(CNC(=O)CC(C)c1ccc(F)cc1)C(=O)O. The van der Waals surface area contributed by atoms with E-state index in [2.05, 4.69) is 5.32 Å². The van der Waals surface area contributed by atoms with Crippen LogP contribution in [0.1, 0.15) is 45.1 Å². The van der Waals surface area contributed by atoms with Crippen molar-refractivity contribution in [2.24, 2.45) is 11.8 Å². The second-order valence-electron chi connectivity index (χ2n) is 6.13. The van der Waals surface area contributed by atoms with Gasteiger partial charge in [-0.25, -0.2) is 4.39 Å². The minimum atomic E-state index is -0.888. The molecule has 0 saturated carbocycles. The Kier molecular flexibility index (Phi) is 7.02. The molecule has 122 valence electrons. The van der Waals surface area contributed by atoms with E-state index in [9.17, 15) is 14.0 Å². The number of carbonyl (C=O) groups is 2. The van der Waals surface area contributed by atoms with Crippen LogP contribution in [-0.2, 0) is 9.59 Å². The first kappa shape index (κ1) is 18.1. The summed E-state index contributed by atoms with van der Waals surface area (Å²) < 4.78 is 12.9. The van der Waals surface area contributed by atoms with Crippen molar-refractivity contribution in [1.29, 1.82) is 0 Å². The maximum absolute atomic E-state index is 12.9. The lowest BCUT2D eigenvalue weighted by Gasteiger charge is -2.17. The third-order valence-electron chi connectivity index (χ3n) is 3.58. The number of amides is 1. The van der Waals surface area contributed by atoms with Crippen LogP contribution in [0.15, 0.2) is 24.3 Å². The third kappa shape index (κ3) is 6.24. The summed E-state index contributed by atoms with van der Waals surface area (Å²) in [5, 5.41) is 11.8. The minimum absolute atomic E-state index is 0.0472. The molecule has 0 heterocycles. The van der Waals surface area contributed by atoms with Gasteiger partial charge in [-0.1, -0.05) is 32.9 Å². The molecule has 0 aliphatic rings. The lowest BCUT2D eigenvalue weighted by atomic mass is 9.96. The van der Waals surface area contributed by atoms with E-state index in [1.165, 1.54) is 12.1 Å². The number of rotatable bonds is 8. The predicted molar refractivity (Wildman–Crippen MR) is 83.0 cm³/mol. The summed E-state index contributed by atoms with van der Waals surface area (Å²) in [7, 11) is 0. The number of carboxylic acids is 1. The maximum Gasteiger partial charge on any atom is 0.308 e. The fourth-order valence-corrected chi connectivity index (χ4v) is 2.34. The average molecular weight is 309 g/mol. The zero-order chi connectivity index (χ0) is 16.7. The molecule has 2 atom stereocenters. The first-order chi connectivity index (χ1) is 10.3. The summed E-state index contributed by atoms with van der Waals surface area (Å²) in [6, 6.07) is 6.05. The molecule has 1 amide bonds. The number of nitrogens with one attached hydrogen (secondary N) is 1. The molecule has 0 aromatic heterocycles. The third-order valence-corrected chi connectivity index (χ3v) is 3.58. The Morgan fingerprint density at radius 1 is 1.18 bits per heavy atom. The molecule has 2 N–H and O–H groups in total. The lowest BCUT2D eigenvalue weighted by molar-refractivity contribution is -0.142. The molecule has 0 bridgehead atoms. The van der Waals surface area contributed by atoms with Crippen LogP contribution in [0.4, 0.5) is 4.39 Å². The molecule has 0 saturated heterocycles. The van der Waals surface area contributed by atoms with Gasteiger partial charge in [-0.3, -0.25) is 9.59 Å². The second-order valence-corrected chi connectivity index (χ2v) is 6.13. The van der Waals surface area contributed by atoms with Crippen molar-refractivity contribution in [3.05, 3.63) is 35.6 Å². The summed E-state index contributed by atoms with van der Waals surface area (Å²) in [6.07, 6.45) is 0.781. The summed E-state index contributed by atoms with van der Waals surface area (Å²) in [6.45, 7) is 5.93. The van der Waals surface area contributed by atoms with Crippen molar-refractivity contribution in [3.63, 3.8) is 0 Å². The Hall–Kier alpha value is -1.91. The topological polar surface area (TPSA) is 66.4 Å². The number of aliphatic carboxylic acids is 1. The zero-order valence-electron chi connectivity index (χ0n) is 13.3. The number of benzene rings is 1. The fraction of sp³-hybridized carbons (Fsp3) is 0.529. The first-order valence-corrected chi connectivity index (χ1v) is 7.54. The van der Waals surface area contributed by atoms with Gasteiger partial charge in [-0.2, -0.15) is 0 Å². The molecule has 0 radical (unpaired) electrons. The smallest absolute Gasteiger partial charge is 0.308 e. The molecule has 22 heavy (non-hydrogen) atoms.